The number of carbonyl (C=O) groups excluding carboxylic acids is 1. The molecule has 0 aromatic heterocycles. The van der Waals surface area contributed by atoms with Crippen molar-refractivity contribution in [2.75, 3.05) is 40.5 Å². The van der Waals surface area contributed by atoms with Crippen LogP contribution in [0.4, 0.5) is 0 Å². The minimum atomic E-state index is -0.216. The smallest absolute Gasteiger partial charge is 0.307 e. The van der Waals surface area contributed by atoms with Gasteiger partial charge >= 0.3 is 5.97 Å². The van der Waals surface area contributed by atoms with Gasteiger partial charge < -0.3 is 20.1 Å². The molecule has 0 unspecified atom stereocenters. The average Bonchev–Trinajstić information content (AvgIpc) is 2.99. The van der Waals surface area contributed by atoms with Crippen molar-refractivity contribution in [2.45, 2.75) is 45.4 Å². The molecule has 1 rings (SSSR count). The molecule has 0 amide bonds. The van der Waals surface area contributed by atoms with E-state index in [0.29, 0.717) is 18.4 Å². The number of ether oxygens (including phenoxy) is 2. The Bertz CT molecular complexity index is 353. The van der Waals surface area contributed by atoms with Crippen LogP contribution in [-0.2, 0) is 14.3 Å². The standard InChI is InChI=1S/C16H31N3O3/c1-4-22-12-10-16(8-5-6-9-16)13-19-15(17-2)18-11-7-14(20)21-3/h4-13H2,1-3H3,(H2,17,18,19). The summed E-state index contributed by atoms with van der Waals surface area (Å²) in [6.07, 6.45) is 6.50. The van der Waals surface area contributed by atoms with E-state index >= 15 is 0 Å². The normalized spacial score (nSPS) is 17.3. The fourth-order valence-corrected chi connectivity index (χ4v) is 2.95. The topological polar surface area (TPSA) is 72.0 Å². The second-order valence-electron chi connectivity index (χ2n) is 5.83. The minimum Gasteiger partial charge on any atom is -0.469 e. The van der Waals surface area contributed by atoms with Gasteiger partial charge in [0.1, 0.15) is 0 Å². The molecule has 1 saturated carbocycles. The number of methoxy groups -OCH3 is 1. The van der Waals surface area contributed by atoms with E-state index in [2.05, 4.69) is 20.4 Å². The second-order valence-corrected chi connectivity index (χ2v) is 5.83. The maximum Gasteiger partial charge on any atom is 0.307 e. The molecule has 0 spiro atoms. The molecular weight excluding hydrogens is 282 g/mol. The van der Waals surface area contributed by atoms with Crippen molar-refractivity contribution in [1.29, 1.82) is 0 Å². The average molecular weight is 313 g/mol. The summed E-state index contributed by atoms with van der Waals surface area (Å²) in [5, 5.41) is 6.55. The van der Waals surface area contributed by atoms with Gasteiger partial charge in [-0.25, -0.2) is 0 Å². The van der Waals surface area contributed by atoms with Crippen LogP contribution in [0, 0.1) is 5.41 Å². The Morgan fingerprint density at radius 3 is 2.59 bits per heavy atom. The van der Waals surface area contributed by atoms with Crippen LogP contribution in [0.15, 0.2) is 4.99 Å². The number of nitrogens with one attached hydrogen (secondary N) is 2. The molecule has 0 aromatic rings. The number of hydrogen-bond acceptors (Lipinski definition) is 4. The fraction of sp³-hybridized carbons (Fsp3) is 0.875. The molecule has 6 nitrogen and oxygen atoms in total. The van der Waals surface area contributed by atoms with Gasteiger partial charge in [0.2, 0.25) is 0 Å². The first-order chi connectivity index (χ1) is 10.7. The van der Waals surface area contributed by atoms with Crippen LogP contribution in [0.5, 0.6) is 0 Å². The van der Waals surface area contributed by atoms with Crippen LogP contribution in [-0.4, -0.2) is 52.4 Å². The van der Waals surface area contributed by atoms with E-state index in [1.165, 1.54) is 32.8 Å². The second kappa shape index (κ2) is 10.4. The van der Waals surface area contributed by atoms with Gasteiger partial charge in [0.15, 0.2) is 5.96 Å². The Balaban J connectivity index is 2.36. The molecule has 1 aliphatic rings. The molecule has 0 radical (unpaired) electrons. The summed E-state index contributed by atoms with van der Waals surface area (Å²) in [6.45, 7) is 5.07. The molecule has 0 aliphatic heterocycles. The first-order valence-corrected chi connectivity index (χ1v) is 8.25. The molecule has 1 fully saturated rings. The molecule has 1 aliphatic carbocycles. The van der Waals surface area contributed by atoms with E-state index in [4.69, 9.17) is 4.74 Å². The number of hydrogen-bond donors (Lipinski definition) is 2. The molecule has 22 heavy (non-hydrogen) atoms. The van der Waals surface area contributed by atoms with E-state index in [1.54, 1.807) is 7.05 Å². The summed E-state index contributed by atoms with van der Waals surface area (Å²) in [4.78, 5) is 15.3. The number of rotatable bonds is 9. The van der Waals surface area contributed by atoms with Gasteiger partial charge in [-0.2, -0.15) is 0 Å². The van der Waals surface area contributed by atoms with Crippen LogP contribution in [0.25, 0.3) is 0 Å². The summed E-state index contributed by atoms with van der Waals surface area (Å²) in [5.74, 6) is 0.526. The van der Waals surface area contributed by atoms with Gasteiger partial charge in [-0.15, -0.1) is 0 Å². The molecule has 0 bridgehead atoms. The first-order valence-electron chi connectivity index (χ1n) is 8.25. The van der Waals surface area contributed by atoms with Crippen molar-refractivity contribution >= 4 is 11.9 Å². The maximum atomic E-state index is 11.1. The fourth-order valence-electron chi connectivity index (χ4n) is 2.95. The minimum absolute atomic E-state index is 0.216. The molecule has 2 N–H and O–H groups in total. The van der Waals surface area contributed by atoms with Gasteiger partial charge in [-0.1, -0.05) is 12.8 Å². The number of carbonyl (C=O) groups is 1. The molecular formula is C16H31N3O3. The zero-order valence-electron chi connectivity index (χ0n) is 14.2. The SMILES string of the molecule is CCOCCC1(CNC(=NC)NCCC(=O)OC)CCCC1. The third kappa shape index (κ3) is 6.64. The predicted molar refractivity (Wildman–Crippen MR) is 88.0 cm³/mol. The lowest BCUT2D eigenvalue weighted by Crippen LogP contribution is -2.44. The Morgan fingerprint density at radius 2 is 2.00 bits per heavy atom. The van der Waals surface area contributed by atoms with Crippen LogP contribution < -0.4 is 10.6 Å². The highest BCUT2D eigenvalue weighted by Gasteiger charge is 2.33. The van der Waals surface area contributed by atoms with Gasteiger partial charge in [-0.05, 0) is 31.6 Å². The first kappa shape index (κ1) is 18.7. The molecule has 0 heterocycles. The van der Waals surface area contributed by atoms with E-state index in [-0.39, 0.29) is 5.97 Å². The highest BCUT2D eigenvalue weighted by Crippen LogP contribution is 2.40. The van der Waals surface area contributed by atoms with Gasteiger partial charge in [-0.3, -0.25) is 9.79 Å². The van der Waals surface area contributed by atoms with Gasteiger partial charge in [0.25, 0.3) is 0 Å². The van der Waals surface area contributed by atoms with Gasteiger partial charge in [0, 0.05) is 33.4 Å². The number of nitrogens with zero attached hydrogens (tertiary/aromatic N) is 1. The van der Waals surface area contributed by atoms with Crippen molar-refractivity contribution in [2.24, 2.45) is 10.4 Å². The monoisotopic (exact) mass is 313 g/mol. The van der Waals surface area contributed by atoms with Crippen LogP contribution in [0.3, 0.4) is 0 Å². The maximum absolute atomic E-state index is 11.1. The van der Waals surface area contributed by atoms with E-state index < -0.39 is 0 Å². The van der Waals surface area contributed by atoms with Crippen molar-refractivity contribution in [1.82, 2.24) is 10.6 Å². The van der Waals surface area contributed by atoms with Crippen molar-refractivity contribution in [3.63, 3.8) is 0 Å². The Morgan fingerprint density at radius 1 is 1.27 bits per heavy atom. The van der Waals surface area contributed by atoms with Crippen LogP contribution in [0.1, 0.15) is 45.4 Å². The molecule has 0 atom stereocenters. The molecule has 128 valence electrons. The lowest BCUT2D eigenvalue weighted by Gasteiger charge is -2.30. The van der Waals surface area contributed by atoms with E-state index in [0.717, 1.165) is 32.1 Å². The van der Waals surface area contributed by atoms with Crippen LogP contribution in [0.2, 0.25) is 0 Å². The summed E-state index contributed by atoms with van der Waals surface area (Å²) < 4.78 is 10.2. The highest BCUT2D eigenvalue weighted by atomic mass is 16.5. The highest BCUT2D eigenvalue weighted by molar-refractivity contribution is 5.80. The Hall–Kier alpha value is -1.30. The van der Waals surface area contributed by atoms with Crippen molar-refractivity contribution in [3.8, 4) is 0 Å². The zero-order chi connectivity index (χ0) is 16.3. The molecule has 6 heteroatoms. The van der Waals surface area contributed by atoms with E-state index in [1.807, 2.05) is 6.92 Å². The molecule has 0 aromatic carbocycles. The third-order valence-electron chi connectivity index (χ3n) is 4.35. The lowest BCUT2D eigenvalue weighted by molar-refractivity contribution is -0.140. The van der Waals surface area contributed by atoms with Crippen molar-refractivity contribution < 1.29 is 14.3 Å². The summed E-state index contributed by atoms with van der Waals surface area (Å²) in [6, 6.07) is 0. The summed E-state index contributed by atoms with van der Waals surface area (Å²) in [7, 11) is 3.15. The Kier molecular flexibility index (Phi) is 8.89. The largest absolute Gasteiger partial charge is 0.469 e. The van der Waals surface area contributed by atoms with E-state index in [9.17, 15) is 4.79 Å². The van der Waals surface area contributed by atoms with Crippen molar-refractivity contribution in [3.05, 3.63) is 0 Å². The summed E-state index contributed by atoms with van der Waals surface area (Å²) >= 11 is 0. The number of guanidine groups is 1. The number of aliphatic imine (C=N–C) groups is 1. The third-order valence-corrected chi connectivity index (χ3v) is 4.35. The molecule has 0 saturated heterocycles. The summed E-state index contributed by atoms with van der Waals surface area (Å²) in [5.41, 5.74) is 0.315. The zero-order valence-corrected chi connectivity index (χ0v) is 14.2. The predicted octanol–water partition coefficient (Wildman–Crippen LogP) is 1.70. The van der Waals surface area contributed by atoms with Crippen LogP contribution >= 0.6 is 0 Å². The quantitative estimate of drug-likeness (QED) is 0.293. The Labute approximate surface area is 134 Å². The van der Waals surface area contributed by atoms with Gasteiger partial charge in [0.05, 0.1) is 13.5 Å². The lowest BCUT2D eigenvalue weighted by atomic mass is 9.83. The number of esters is 1.